The predicted molar refractivity (Wildman–Crippen MR) is 138 cm³/mol. The van der Waals surface area contributed by atoms with E-state index in [0.29, 0.717) is 24.2 Å². The number of carbonyl (C=O) groups excluding carboxylic acids is 1. The minimum absolute atomic E-state index is 0.0530. The van der Waals surface area contributed by atoms with E-state index >= 15 is 0 Å². The molecule has 1 atom stereocenters. The van der Waals surface area contributed by atoms with E-state index in [2.05, 4.69) is 0 Å². The fraction of sp³-hybridized carbons (Fsp3) is 0.448. The number of likely N-dealkylation sites (tertiary alicyclic amines) is 1. The first-order valence-corrected chi connectivity index (χ1v) is 13.2. The summed E-state index contributed by atoms with van der Waals surface area (Å²) in [5.74, 6) is 0.402. The molecule has 3 aromatic rings. The van der Waals surface area contributed by atoms with Crippen molar-refractivity contribution in [1.82, 2.24) is 14.7 Å². The van der Waals surface area contributed by atoms with Gasteiger partial charge in [0.25, 0.3) is 0 Å². The van der Waals surface area contributed by atoms with Crippen LogP contribution >= 0.6 is 0 Å². The number of methoxy groups -OCH3 is 1. The fourth-order valence-corrected chi connectivity index (χ4v) is 5.38. The maximum Gasteiger partial charge on any atom is 0.427 e. The highest BCUT2D eigenvalue weighted by Crippen LogP contribution is 2.35. The predicted octanol–water partition coefficient (Wildman–Crippen LogP) is 5.89. The quantitative estimate of drug-likeness (QED) is 0.337. The molecule has 1 saturated heterocycles. The molecule has 0 radical (unpaired) electrons. The summed E-state index contributed by atoms with van der Waals surface area (Å²) in [5, 5.41) is 4.85. The lowest BCUT2D eigenvalue weighted by Gasteiger charge is -2.32. The molecule has 2 aromatic carbocycles. The molecule has 0 bridgehead atoms. The number of hydrogen-bond acceptors (Lipinski definition) is 5. The van der Waals surface area contributed by atoms with Crippen molar-refractivity contribution in [2.45, 2.75) is 57.4 Å². The number of hydrogen-bond donors (Lipinski definition) is 0. The average Bonchev–Trinajstić information content (AvgIpc) is 3.28. The van der Waals surface area contributed by atoms with Gasteiger partial charge in [0.2, 0.25) is 6.10 Å². The Labute approximate surface area is 229 Å². The van der Waals surface area contributed by atoms with Crippen LogP contribution in [0.5, 0.6) is 5.75 Å². The number of halogens is 4. The summed E-state index contributed by atoms with van der Waals surface area (Å²) in [5.41, 5.74) is 5.51. The summed E-state index contributed by atoms with van der Waals surface area (Å²) in [6, 6.07) is 11.4. The maximum absolute atomic E-state index is 13.7. The lowest BCUT2D eigenvalue weighted by atomic mass is 9.90. The van der Waals surface area contributed by atoms with Crippen LogP contribution in [0.15, 0.2) is 42.5 Å². The van der Waals surface area contributed by atoms with E-state index in [1.54, 1.807) is 30.3 Å². The Kier molecular flexibility index (Phi) is 8.02. The van der Waals surface area contributed by atoms with Crippen LogP contribution in [0.2, 0.25) is 0 Å². The molecule has 0 aliphatic carbocycles. The lowest BCUT2D eigenvalue weighted by Crippen LogP contribution is -2.44. The van der Waals surface area contributed by atoms with Crippen LogP contribution in [0.25, 0.3) is 5.69 Å². The van der Waals surface area contributed by atoms with Gasteiger partial charge in [-0.05, 0) is 79.6 Å². The maximum atomic E-state index is 13.7. The van der Waals surface area contributed by atoms with Gasteiger partial charge in [0.1, 0.15) is 11.6 Å². The smallest absolute Gasteiger partial charge is 0.427 e. The van der Waals surface area contributed by atoms with Crippen LogP contribution in [-0.4, -0.2) is 59.9 Å². The minimum Gasteiger partial charge on any atom is -0.497 e. The van der Waals surface area contributed by atoms with Gasteiger partial charge in [0.05, 0.1) is 31.7 Å². The lowest BCUT2D eigenvalue weighted by molar-refractivity contribution is -0.220. The highest BCUT2D eigenvalue weighted by atomic mass is 19.4. The van der Waals surface area contributed by atoms with E-state index in [1.807, 2.05) is 11.6 Å². The molecule has 1 amide bonds. The number of amides is 1. The van der Waals surface area contributed by atoms with E-state index in [9.17, 15) is 22.4 Å². The largest absolute Gasteiger partial charge is 0.497 e. The van der Waals surface area contributed by atoms with E-state index in [-0.39, 0.29) is 31.4 Å². The highest BCUT2D eigenvalue weighted by molar-refractivity contribution is 5.68. The average molecular weight is 562 g/mol. The topological polar surface area (TPSA) is 65.8 Å². The van der Waals surface area contributed by atoms with Crippen LogP contribution in [0, 0.1) is 12.7 Å². The van der Waals surface area contributed by atoms with Crippen molar-refractivity contribution in [3.8, 4) is 11.4 Å². The number of benzene rings is 2. The molecule has 1 aromatic heterocycles. The minimum atomic E-state index is -4.76. The second kappa shape index (κ2) is 11.5. The monoisotopic (exact) mass is 561 g/mol. The summed E-state index contributed by atoms with van der Waals surface area (Å²) >= 11 is 0. The summed E-state index contributed by atoms with van der Waals surface area (Å²) in [6.07, 6.45) is -5.57. The van der Waals surface area contributed by atoms with Crippen molar-refractivity contribution < 1.29 is 36.6 Å². The van der Waals surface area contributed by atoms with Crippen molar-refractivity contribution in [3.05, 3.63) is 76.4 Å². The van der Waals surface area contributed by atoms with Gasteiger partial charge in [-0.2, -0.15) is 18.3 Å². The van der Waals surface area contributed by atoms with Gasteiger partial charge < -0.3 is 19.1 Å². The Hall–Kier alpha value is -3.60. The Morgan fingerprint density at radius 2 is 1.82 bits per heavy atom. The van der Waals surface area contributed by atoms with E-state index in [1.165, 1.54) is 24.1 Å². The first kappa shape index (κ1) is 27.9. The van der Waals surface area contributed by atoms with Crippen molar-refractivity contribution in [2.75, 3.05) is 26.8 Å². The molecule has 2 aliphatic heterocycles. The van der Waals surface area contributed by atoms with Crippen LogP contribution in [0.4, 0.5) is 22.4 Å². The van der Waals surface area contributed by atoms with Gasteiger partial charge in [0.15, 0.2) is 0 Å². The van der Waals surface area contributed by atoms with Gasteiger partial charge in [-0.3, -0.25) is 0 Å². The number of carbonyl (C=O) groups is 1. The molecule has 1 unspecified atom stereocenters. The van der Waals surface area contributed by atoms with Gasteiger partial charge in [-0.15, -0.1) is 0 Å². The Bertz CT molecular complexity index is 1350. The number of alkyl halides is 3. The van der Waals surface area contributed by atoms with Crippen LogP contribution in [-0.2, 0) is 28.9 Å². The molecule has 2 aliphatic rings. The number of fused-ring (bicyclic) bond motifs is 3. The Balaban J connectivity index is 1.17. The third-order valence-corrected chi connectivity index (χ3v) is 7.63. The molecule has 3 heterocycles. The molecule has 0 N–H and O–H groups in total. The molecule has 7 nitrogen and oxygen atoms in total. The van der Waals surface area contributed by atoms with Crippen molar-refractivity contribution >= 4 is 6.09 Å². The fourth-order valence-electron chi connectivity index (χ4n) is 5.38. The van der Waals surface area contributed by atoms with Crippen molar-refractivity contribution in [1.29, 1.82) is 0 Å². The standard InChI is InChI=1S/C29H31F4N3O4/c1-18-24-9-5-21-15-22(30)6-10-25(21)36(24)34-27(18)20-11-13-35(14-12-20)28(37)40-26(29(31,32)33)17-39-16-19-3-7-23(38-2)8-4-19/h3-4,6-8,10,15,20,26H,5,9,11-14,16-17H2,1-2H3. The summed E-state index contributed by atoms with van der Waals surface area (Å²) < 4.78 is 71.6. The van der Waals surface area contributed by atoms with Gasteiger partial charge in [-0.1, -0.05) is 12.1 Å². The molecule has 11 heteroatoms. The SMILES string of the molecule is COc1ccc(COCC(OC(=O)N2CCC(c3nn4c(c3C)CCc3cc(F)ccc3-4)CC2)C(F)(F)F)cc1. The molecule has 214 valence electrons. The third-order valence-electron chi connectivity index (χ3n) is 7.63. The van der Waals surface area contributed by atoms with E-state index in [0.717, 1.165) is 41.0 Å². The Morgan fingerprint density at radius 1 is 1.10 bits per heavy atom. The molecule has 0 saturated carbocycles. The second-order valence-electron chi connectivity index (χ2n) is 10.2. The van der Waals surface area contributed by atoms with Gasteiger partial charge >= 0.3 is 12.3 Å². The zero-order chi connectivity index (χ0) is 28.4. The number of piperidine rings is 1. The summed E-state index contributed by atoms with van der Waals surface area (Å²) in [7, 11) is 1.52. The van der Waals surface area contributed by atoms with Crippen LogP contribution < -0.4 is 4.74 Å². The molecular formula is C29H31F4N3O4. The van der Waals surface area contributed by atoms with E-state index in [4.69, 9.17) is 19.3 Å². The number of aromatic nitrogens is 2. The molecule has 40 heavy (non-hydrogen) atoms. The summed E-state index contributed by atoms with van der Waals surface area (Å²) in [6.45, 7) is 1.66. The molecule has 1 fully saturated rings. The van der Waals surface area contributed by atoms with Crippen molar-refractivity contribution in [2.24, 2.45) is 0 Å². The molecular weight excluding hydrogens is 530 g/mol. The number of aryl methyl sites for hydroxylation is 1. The zero-order valence-electron chi connectivity index (χ0n) is 22.3. The Morgan fingerprint density at radius 3 is 2.50 bits per heavy atom. The number of ether oxygens (including phenoxy) is 3. The van der Waals surface area contributed by atoms with E-state index < -0.39 is 25.0 Å². The van der Waals surface area contributed by atoms with Gasteiger partial charge in [0, 0.05) is 24.7 Å². The first-order valence-electron chi connectivity index (χ1n) is 13.2. The highest BCUT2D eigenvalue weighted by Gasteiger charge is 2.44. The third kappa shape index (κ3) is 5.94. The molecule has 0 spiro atoms. The van der Waals surface area contributed by atoms with Gasteiger partial charge in [-0.25, -0.2) is 13.9 Å². The summed E-state index contributed by atoms with van der Waals surface area (Å²) in [4.78, 5) is 14.0. The van der Waals surface area contributed by atoms with Crippen molar-refractivity contribution in [3.63, 3.8) is 0 Å². The zero-order valence-corrected chi connectivity index (χ0v) is 22.3. The number of nitrogens with zero attached hydrogens (tertiary/aromatic N) is 3. The van der Waals surface area contributed by atoms with Crippen LogP contribution in [0.3, 0.4) is 0 Å². The first-order chi connectivity index (χ1) is 19.1. The number of rotatable bonds is 7. The second-order valence-corrected chi connectivity index (χ2v) is 10.2. The van der Waals surface area contributed by atoms with Crippen LogP contribution in [0.1, 0.15) is 46.8 Å². The molecule has 5 rings (SSSR count). The normalized spacial score (nSPS) is 16.3.